The minimum Gasteiger partial charge on any atom is -0.285 e. The highest BCUT2D eigenvalue weighted by molar-refractivity contribution is 7.20. The molecule has 0 aromatic heterocycles. The first-order valence-electron chi connectivity index (χ1n) is 19.3. The number of hydrogen-bond acceptors (Lipinski definition) is 4. The molecule has 0 unspecified atom stereocenters. The van der Waals surface area contributed by atoms with Crippen molar-refractivity contribution in [3.8, 4) is 11.1 Å². The second kappa shape index (κ2) is 13.8. The normalized spacial score (nSPS) is 12.1. The molecule has 0 fully saturated rings. The van der Waals surface area contributed by atoms with Crippen LogP contribution < -0.4 is 63.2 Å². The van der Waals surface area contributed by atoms with Crippen LogP contribution in [-0.2, 0) is 0 Å². The summed E-state index contributed by atoms with van der Waals surface area (Å²) in [7, 11) is -6.50. The maximum atomic E-state index is 14.8. The second-order valence-electron chi connectivity index (χ2n) is 14.9. The summed E-state index contributed by atoms with van der Waals surface area (Å²) in [6, 6.07) is 68.3. The highest BCUT2D eigenvalue weighted by atomic mass is 28.3. The maximum Gasteiger partial charge on any atom is 0.234 e. The highest BCUT2D eigenvalue weighted by Gasteiger charge is 2.44. The van der Waals surface area contributed by atoms with Crippen LogP contribution in [-0.4, -0.2) is 16.1 Å². The molecule has 0 amide bonds. The van der Waals surface area contributed by atoms with Crippen molar-refractivity contribution in [2.45, 2.75) is 0 Å². The molecule has 274 valence electrons. The van der Waals surface area contributed by atoms with E-state index in [-0.39, 0.29) is 21.5 Å². The Balaban J connectivity index is 1.36. The van der Waals surface area contributed by atoms with Gasteiger partial charge in [-0.3, -0.25) is 19.2 Å². The Kier molecular flexibility index (Phi) is 8.41. The molecule has 0 bridgehead atoms. The molecule has 10 rings (SSSR count). The van der Waals surface area contributed by atoms with Gasteiger partial charge in [0.2, 0.25) is 21.7 Å². The molecule has 0 atom stereocenters. The second-order valence-corrected chi connectivity index (χ2v) is 22.5. The van der Waals surface area contributed by atoms with Gasteiger partial charge in [0.05, 0.1) is 0 Å². The van der Waals surface area contributed by atoms with E-state index in [1.807, 2.05) is 133 Å². The van der Waals surface area contributed by atoms with Gasteiger partial charge in [0.1, 0.15) is 0 Å². The Morgan fingerprint density at radius 2 is 0.397 bits per heavy atom. The van der Waals surface area contributed by atoms with E-state index in [4.69, 9.17) is 0 Å². The van der Waals surface area contributed by atoms with E-state index in [0.29, 0.717) is 11.1 Å². The molecule has 0 saturated heterocycles. The van der Waals surface area contributed by atoms with Crippen LogP contribution in [0.4, 0.5) is 0 Å². The fourth-order valence-electron chi connectivity index (χ4n) is 9.59. The van der Waals surface area contributed by atoms with Crippen LogP contribution >= 0.6 is 0 Å². The highest BCUT2D eigenvalue weighted by Crippen LogP contribution is 2.34. The largest absolute Gasteiger partial charge is 0.285 e. The third-order valence-electron chi connectivity index (χ3n) is 12.0. The summed E-state index contributed by atoms with van der Waals surface area (Å²) in [5.74, 6) is 0. The van der Waals surface area contributed by atoms with Crippen molar-refractivity contribution in [3.63, 3.8) is 0 Å². The lowest BCUT2D eigenvalue weighted by Gasteiger charge is -2.35. The summed E-state index contributed by atoms with van der Waals surface area (Å²) in [5.41, 5.74) is -1.98. The minimum absolute atomic E-state index is 0.164. The molecule has 8 aromatic rings. The van der Waals surface area contributed by atoms with Crippen molar-refractivity contribution < 1.29 is 0 Å². The molecule has 8 aromatic carbocycles. The first-order valence-corrected chi connectivity index (χ1v) is 23.3. The average Bonchev–Trinajstić information content (AvgIpc) is 3.29. The third kappa shape index (κ3) is 5.05. The molecule has 6 heteroatoms. The Morgan fingerprint density at radius 3 is 0.569 bits per heavy atom. The van der Waals surface area contributed by atoms with Gasteiger partial charge in [0, 0.05) is 32.7 Å². The van der Waals surface area contributed by atoms with Gasteiger partial charge in [-0.2, -0.15) is 0 Å². The first-order chi connectivity index (χ1) is 28.5. The van der Waals surface area contributed by atoms with Gasteiger partial charge in [-0.05, 0) is 65.8 Å². The molecular formula is C52H34O4Si2. The lowest BCUT2D eigenvalue weighted by Crippen LogP contribution is -2.75. The topological polar surface area (TPSA) is 68.3 Å². The van der Waals surface area contributed by atoms with E-state index < -0.39 is 37.9 Å². The van der Waals surface area contributed by atoms with Crippen molar-refractivity contribution in [2.75, 3.05) is 0 Å². The van der Waals surface area contributed by atoms with Crippen molar-refractivity contribution in [2.24, 2.45) is 0 Å². The average molecular weight is 779 g/mol. The fourth-order valence-corrected chi connectivity index (χ4v) is 19.2. The Bertz CT molecular complexity index is 2770. The summed E-state index contributed by atoms with van der Waals surface area (Å²) in [5, 5.41) is 8.40. The third-order valence-corrected chi connectivity index (χ3v) is 21.5. The summed E-state index contributed by atoms with van der Waals surface area (Å²) < 4.78 is 0. The van der Waals surface area contributed by atoms with E-state index in [0.717, 1.165) is 41.5 Å². The van der Waals surface area contributed by atoms with E-state index >= 15 is 0 Å². The minimum atomic E-state index is -3.25. The zero-order chi connectivity index (χ0) is 39.4. The lowest BCUT2D eigenvalue weighted by atomic mass is 9.87. The van der Waals surface area contributed by atoms with E-state index in [2.05, 4.69) is 72.8 Å². The van der Waals surface area contributed by atoms with Crippen LogP contribution in [0.3, 0.4) is 0 Å². The Hall–Kier alpha value is -7.13. The van der Waals surface area contributed by atoms with Gasteiger partial charge in [-0.15, -0.1) is 0 Å². The van der Waals surface area contributed by atoms with E-state index in [1.165, 1.54) is 0 Å². The van der Waals surface area contributed by atoms with Crippen LogP contribution in [0.1, 0.15) is 0 Å². The van der Waals surface area contributed by atoms with Crippen molar-refractivity contribution in [1.29, 1.82) is 0 Å². The molecule has 4 nitrogen and oxygen atoms in total. The van der Waals surface area contributed by atoms with Crippen LogP contribution in [0.2, 0.25) is 0 Å². The first kappa shape index (κ1) is 35.3. The molecule has 0 heterocycles. The van der Waals surface area contributed by atoms with Crippen LogP contribution in [0.15, 0.2) is 225 Å². The summed E-state index contributed by atoms with van der Waals surface area (Å²) in [4.78, 5) is 59.2. The smallest absolute Gasteiger partial charge is 0.234 e. The zero-order valence-electron chi connectivity index (χ0n) is 31.3. The van der Waals surface area contributed by atoms with Gasteiger partial charge in [-0.25, -0.2) is 0 Å². The molecular weight excluding hydrogens is 745 g/mol. The molecule has 0 saturated carbocycles. The lowest BCUT2D eigenvalue weighted by molar-refractivity contribution is 1.51. The van der Waals surface area contributed by atoms with E-state index in [1.54, 1.807) is 0 Å². The van der Waals surface area contributed by atoms with Crippen molar-refractivity contribution in [1.82, 2.24) is 0 Å². The van der Waals surface area contributed by atoms with Gasteiger partial charge >= 0.3 is 0 Å². The number of rotatable bonds is 8. The number of benzene rings is 10. The monoisotopic (exact) mass is 778 g/mol. The molecule has 2 aliphatic rings. The van der Waals surface area contributed by atoms with Crippen LogP contribution in [0.5, 0.6) is 0 Å². The predicted molar refractivity (Wildman–Crippen MR) is 244 cm³/mol. The van der Waals surface area contributed by atoms with Gasteiger partial charge in [0.15, 0.2) is 16.1 Å². The Morgan fingerprint density at radius 1 is 0.224 bits per heavy atom. The van der Waals surface area contributed by atoms with Gasteiger partial charge in [-0.1, -0.05) is 182 Å². The predicted octanol–water partition coefficient (Wildman–Crippen LogP) is 3.61. The molecule has 0 aliphatic heterocycles. The van der Waals surface area contributed by atoms with Crippen LogP contribution in [0.25, 0.3) is 32.7 Å². The SMILES string of the molecule is O=c1c(=O)c2cc([Si](c3ccccc3)(c3ccccc3)c3ccccc3)cc3c2-c2c1cc([Si](c1ccccc1)(c1ccccc1)c1ccccc1)cc2c(=O)c3=O. The number of hydrogen-bond donors (Lipinski definition) is 0. The summed E-state index contributed by atoms with van der Waals surface area (Å²) in [6.45, 7) is 0. The molecule has 0 radical (unpaired) electrons. The summed E-state index contributed by atoms with van der Waals surface area (Å²) >= 11 is 0. The zero-order valence-corrected chi connectivity index (χ0v) is 33.3. The van der Waals surface area contributed by atoms with Crippen molar-refractivity contribution in [3.05, 3.63) is 247 Å². The fraction of sp³-hybridized carbons (Fsp3) is 0. The maximum absolute atomic E-state index is 14.8. The quantitative estimate of drug-likeness (QED) is 0.103. The molecule has 2 aliphatic carbocycles. The molecule has 0 spiro atoms. The summed E-state index contributed by atoms with van der Waals surface area (Å²) in [6.07, 6.45) is 0. The van der Waals surface area contributed by atoms with Crippen molar-refractivity contribution >= 4 is 79.2 Å². The molecule has 58 heavy (non-hydrogen) atoms. The standard InChI is InChI=1S/C52H34O4Si2/c53-49-43-31-41(57(35-19-7-1-8-20-35,36-21-9-2-10-22-36)37-23-11-3-12-24-37)32-44-47(43)48-45(51(49)55)33-42(34-46(48)52(56)50(44)54)58(38-25-13-4-14-26-38,39-27-15-5-16-28-39)40-29-17-6-18-30-40/h1-34H. The van der Waals surface area contributed by atoms with Gasteiger partial charge in [0.25, 0.3) is 0 Å². The Labute approximate surface area is 336 Å². The van der Waals surface area contributed by atoms with E-state index in [9.17, 15) is 19.2 Å². The molecule has 0 N–H and O–H groups in total. The van der Waals surface area contributed by atoms with Gasteiger partial charge < -0.3 is 0 Å². The van der Waals surface area contributed by atoms with Crippen LogP contribution in [0, 0.1) is 0 Å².